The molecule has 25 heavy (non-hydrogen) atoms. The lowest BCUT2D eigenvalue weighted by Crippen LogP contribution is -2.37. The largest absolute Gasteiger partial charge is 0.370 e. The molecule has 0 bridgehead atoms. The highest BCUT2D eigenvalue weighted by Crippen LogP contribution is 2.27. The minimum atomic E-state index is 0.284. The first kappa shape index (κ1) is 16.4. The summed E-state index contributed by atoms with van der Waals surface area (Å²) in [5, 5.41) is 3.19. The smallest absolute Gasteiger partial charge is 0.126 e. The SMILES string of the molecule is CC1c2ncc(COCc3ccncc3)n2CCN1Cc1nccs1. The Hall–Kier alpha value is -2.09. The number of fused-ring (bicyclic) bond motifs is 1. The maximum Gasteiger partial charge on any atom is 0.126 e. The highest BCUT2D eigenvalue weighted by Gasteiger charge is 2.27. The van der Waals surface area contributed by atoms with Crippen LogP contribution in [0.3, 0.4) is 0 Å². The summed E-state index contributed by atoms with van der Waals surface area (Å²) in [6.45, 7) is 6.22. The van der Waals surface area contributed by atoms with Crippen molar-refractivity contribution in [3.63, 3.8) is 0 Å². The quantitative estimate of drug-likeness (QED) is 0.680. The van der Waals surface area contributed by atoms with Crippen LogP contribution in [-0.2, 0) is 31.0 Å². The molecule has 1 atom stereocenters. The van der Waals surface area contributed by atoms with Gasteiger partial charge in [-0.15, -0.1) is 11.3 Å². The average Bonchev–Trinajstić information content (AvgIpc) is 3.29. The molecule has 0 spiro atoms. The Morgan fingerprint density at radius 3 is 2.84 bits per heavy atom. The van der Waals surface area contributed by atoms with E-state index < -0.39 is 0 Å². The summed E-state index contributed by atoms with van der Waals surface area (Å²) in [4.78, 5) is 15.5. The molecule has 1 unspecified atom stereocenters. The van der Waals surface area contributed by atoms with Gasteiger partial charge < -0.3 is 9.30 Å². The summed E-state index contributed by atoms with van der Waals surface area (Å²) in [5.41, 5.74) is 2.28. The third-order valence-corrected chi connectivity index (χ3v) is 5.36. The average molecular weight is 355 g/mol. The molecule has 0 saturated carbocycles. The van der Waals surface area contributed by atoms with Gasteiger partial charge in [-0.3, -0.25) is 9.88 Å². The molecule has 0 amide bonds. The van der Waals surface area contributed by atoms with E-state index in [9.17, 15) is 0 Å². The molecule has 130 valence electrons. The van der Waals surface area contributed by atoms with Crippen molar-refractivity contribution in [1.29, 1.82) is 0 Å². The molecule has 0 radical (unpaired) electrons. The van der Waals surface area contributed by atoms with Crippen LogP contribution in [0.1, 0.15) is 35.1 Å². The molecule has 0 aromatic carbocycles. The molecular formula is C18H21N5OS. The number of aromatic nitrogens is 4. The van der Waals surface area contributed by atoms with Crippen molar-refractivity contribution in [3.8, 4) is 0 Å². The molecule has 0 fully saturated rings. The summed E-state index contributed by atoms with van der Waals surface area (Å²) in [5.74, 6) is 1.12. The number of ether oxygens (including phenoxy) is 1. The minimum absolute atomic E-state index is 0.284. The molecule has 0 saturated heterocycles. The molecule has 4 heterocycles. The van der Waals surface area contributed by atoms with Gasteiger partial charge in [0.15, 0.2) is 0 Å². The Balaban J connectivity index is 1.39. The van der Waals surface area contributed by atoms with E-state index in [0.29, 0.717) is 13.2 Å². The number of pyridine rings is 1. The van der Waals surface area contributed by atoms with Gasteiger partial charge in [0.25, 0.3) is 0 Å². The summed E-state index contributed by atoms with van der Waals surface area (Å²) in [6.07, 6.45) is 7.40. The Morgan fingerprint density at radius 1 is 1.16 bits per heavy atom. The fourth-order valence-corrected chi connectivity index (χ4v) is 3.83. The Bertz CT molecular complexity index is 802. The van der Waals surface area contributed by atoms with Gasteiger partial charge in [0, 0.05) is 37.1 Å². The van der Waals surface area contributed by atoms with Crippen LogP contribution in [0.15, 0.2) is 42.3 Å². The number of hydrogen-bond acceptors (Lipinski definition) is 6. The Labute approximate surface area is 151 Å². The van der Waals surface area contributed by atoms with Crippen molar-refractivity contribution in [2.75, 3.05) is 6.54 Å². The number of nitrogens with zero attached hydrogens (tertiary/aromatic N) is 5. The maximum atomic E-state index is 5.87. The molecule has 7 heteroatoms. The van der Waals surface area contributed by atoms with Crippen molar-refractivity contribution >= 4 is 11.3 Å². The number of thiazole rings is 1. The van der Waals surface area contributed by atoms with E-state index in [1.54, 1.807) is 23.7 Å². The van der Waals surface area contributed by atoms with E-state index in [1.165, 1.54) is 0 Å². The van der Waals surface area contributed by atoms with Gasteiger partial charge in [0.2, 0.25) is 0 Å². The maximum absolute atomic E-state index is 5.87. The van der Waals surface area contributed by atoms with E-state index >= 15 is 0 Å². The van der Waals surface area contributed by atoms with Crippen LogP contribution in [0, 0.1) is 0 Å². The Kier molecular flexibility index (Phi) is 4.87. The fourth-order valence-electron chi connectivity index (χ4n) is 3.19. The van der Waals surface area contributed by atoms with Gasteiger partial charge in [-0.2, -0.15) is 0 Å². The van der Waals surface area contributed by atoms with Gasteiger partial charge in [0.05, 0.1) is 37.7 Å². The van der Waals surface area contributed by atoms with Crippen LogP contribution in [0.2, 0.25) is 0 Å². The zero-order valence-electron chi connectivity index (χ0n) is 14.2. The lowest BCUT2D eigenvalue weighted by atomic mass is 10.2. The second kappa shape index (κ2) is 7.43. The standard InChI is InChI=1S/C18H21N5OS/c1-14-18-21-10-16(13-24-12-15-2-4-19-5-3-15)23(18)8-7-22(14)11-17-20-6-9-25-17/h2-6,9-10,14H,7-8,11-13H2,1H3. The van der Waals surface area contributed by atoms with E-state index in [-0.39, 0.29) is 6.04 Å². The molecule has 1 aliphatic heterocycles. The molecular weight excluding hydrogens is 334 g/mol. The van der Waals surface area contributed by atoms with Crippen molar-refractivity contribution < 1.29 is 4.74 Å². The molecule has 3 aromatic rings. The van der Waals surface area contributed by atoms with Crippen molar-refractivity contribution in [2.24, 2.45) is 0 Å². The lowest BCUT2D eigenvalue weighted by Gasteiger charge is -2.33. The minimum Gasteiger partial charge on any atom is -0.370 e. The summed E-state index contributed by atoms with van der Waals surface area (Å²) >= 11 is 1.71. The van der Waals surface area contributed by atoms with Gasteiger partial charge in [0.1, 0.15) is 10.8 Å². The topological polar surface area (TPSA) is 56.1 Å². The van der Waals surface area contributed by atoms with E-state index in [1.807, 2.05) is 29.9 Å². The van der Waals surface area contributed by atoms with Crippen LogP contribution in [0.5, 0.6) is 0 Å². The van der Waals surface area contributed by atoms with Gasteiger partial charge in [-0.1, -0.05) is 0 Å². The van der Waals surface area contributed by atoms with Gasteiger partial charge >= 0.3 is 0 Å². The predicted molar refractivity (Wildman–Crippen MR) is 95.9 cm³/mol. The first-order valence-corrected chi connectivity index (χ1v) is 9.32. The first-order chi connectivity index (χ1) is 12.3. The number of imidazole rings is 1. The second-order valence-electron chi connectivity index (χ2n) is 6.18. The summed E-state index contributed by atoms with van der Waals surface area (Å²) in [7, 11) is 0. The molecule has 0 aliphatic carbocycles. The fraction of sp³-hybridized carbons (Fsp3) is 0.389. The van der Waals surface area contributed by atoms with Crippen molar-refractivity contribution in [1.82, 2.24) is 24.4 Å². The lowest BCUT2D eigenvalue weighted by molar-refractivity contribution is 0.0970. The predicted octanol–water partition coefficient (Wildman–Crippen LogP) is 3.03. The first-order valence-electron chi connectivity index (χ1n) is 8.44. The highest BCUT2D eigenvalue weighted by atomic mass is 32.1. The molecule has 0 N–H and O–H groups in total. The van der Waals surface area contributed by atoms with Crippen molar-refractivity contribution in [2.45, 2.75) is 39.3 Å². The van der Waals surface area contributed by atoms with Gasteiger partial charge in [-0.25, -0.2) is 9.97 Å². The number of hydrogen-bond donors (Lipinski definition) is 0. The van der Waals surface area contributed by atoms with E-state index in [2.05, 4.69) is 31.3 Å². The van der Waals surface area contributed by atoms with Crippen LogP contribution in [-0.4, -0.2) is 31.0 Å². The summed E-state index contributed by atoms with van der Waals surface area (Å²) in [6, 6.07) is 4.24. The van der Waals surface area contributed by atoms with E-state index in [0.717, 1.165) is 41.7 Å². The highest BCUT2D eigenvalue weighted by molar-refractivity contribution is 7.09. The number of rotatable bonds is 6. The molecule has 4 rings (SSSR count). The third-order valence-electron chi connectivity index (χ3n) is 4.59. The molecule has 3 aromatic heterocycles. The summed E-state index contributed by atoms with van der Waals surface area (Å²) < 4.78 is 8.17. The van der Waals surface area contributed by atoms with Crippen LogP contribution in [0.4, 0.5) is 0 Å². The third kappa shape index (κ3) is 3.63. The zero-order chi connectivity index (χ0) is 17.1. The molecule has 6 nitrogen and oxygen atoms in total. The van der Waals surface area contributed by atoms with Crippen LogP contribution >= 0.6 is 11.3 Å². The van der Waals surface area contributed by atoms with Crippen LogP contribution < -0.4 is 0 Å². The zero-order valence-corrected chi connectivity index (χ0v) is 15.0. The Morgan fingerprint density at radius 2 is 2.04 bits per heavy atom. The van der Waals surface area contributed by atoms with Crippen molar-refractivity contribution in [3.05, 3.63) is 64.4 Å². The van der Waals surface area contributed by atoms with Gasteiger partial charge in [-0.05, 0) is 24.6 Å². The second-order valence-corrected chi connectivity index (χ2v) is 7.16. The monoisotopic (exact) mass is 355 g/mol. The van der Waals surface area contributed by atoms with Crippen LogP contribution in [0.25, 0.3) is 0 Å². The normalized spacial score (nSPS) is 17.6. The molecule has 1 aliphatic rings. The van der Waals surface area contributed by atoms with E-state index in [4.69, 9.17) is 4.74 Å².